The molecule has 0 heterocycles. The molecule has 0 amide bonds. The highest BCUT2D eigenvalue weighted by molar-refractivity contribution is 9.11. The molecular formula is C14H11Br2F2NO. The molecule has 6 heteroatoms. The number of nitrogens with one attached hydrogen (secondary N) is 1. The van der Waals surface area contributed by atoms with Crippen LogP contribution in [0, 0.1) is 11.6 Å². The third-order valence-corrected chi connectivity index (χ3v) is 3.92. The molecule has 2 rings (SSSR count). The number of ether oxygens (including phenoxy) is 1. The van der Waals surface area contributed by atoms with Crippen LogP contribution in [-0.2, 0) is 6.54 Å². The molecule has 106 valence electrons. The summed E-state index contributed by atoms with van der Waals surface area (Å²) in [7, 11) is 1.57. The fraction of sp³-hybridized carbons (Fsp3) is 0.143. The van der Waals surface area contributed by atoms with E-state index < -0.39 is 11.6 Å². The lowest BCUT2D eigenvalue weighted by atomic mass is 10.2. The molecule has 0 saturated carbocycles. The summed E-state index contributed by atoms with van der Waals surface area (Å²) < 4.78 is 33.0. The zero-order valence-corrected chi connectivity index (χ0v) is 13.7. The highest BCUT2D eigenvalue weighted by atomic mass is 79.9. The Bertz CT molecular complexity index is 615. The molecule has 0 fully saturated rings. The zero-order valence-electron chi connectivity index (χ0n) is 10.5. The van der Waals surface area contributed by atoms with Crippen molar-refractivity contribution in [2.75, 3.05) is 12.4 Å². The van der Waals surface area contributed by atoms with E-state index in [1.54, 1.807) is 13.2 Å². The quantitative estimate of drug-likeness (QED) is 0.761. The van der Waals surface area contributed by atoms with Gasteiger partial charge in [-0.15, -0.1) is 0 Å². The molecule has 2 aromatic rings. The molecule has 0 spiro atoms. The average molecular weight is 407 g/mol. The van der Waals surface area contributed by atoms with Gasteiger partial charge in [0.2, 0.25) is 0 Å². The van der Waals surface area contributed by atoms with Crippen molar-refractivity contribution in [3.8, 4) is 5.75 Å². The Labute approximate surface area is 132 Å². The van der Waals surface area contributed by atoms with Gasteiger partial charge in [0.05, 0.1) is 17.3 Å². The Kier molecular flexibility index (Phi) is 4.99. The lowest BCUT2D eigenvalue weighted by molar-refractivity contribution is 0.412. The summed E-state index contributed by atoms with van der Waals surface area (Å²) in [5.41, 5.74) is 1.30. The molecule has 0 bridgehead atoms. The Hall–Kier alpha value is -1.14. The smallest absolute Gasteiger partial charge is 0.135 e. The van der Waals surface area contributed by atoms with Gasteiger partial charge in [-0.2, -0.15) is 0 Å². The number of benzene rings is 2. The molecule has 0 unspecified atom stereocenters. The Morgan fingerprint density at radius 2 is 1.65 bits per heavy atom. The van der Waals surface area contributed by atoms with Crippen molar-refractivity contribution < 1.29 is 13.5 Å². The number of hydrogen-bond donors (Lipinski definition) is 1. The Balaban J connectivity index is 2.18. The predicted octanol–water partition coefficient (Wildman–Crippen LogP) is 5.11. The van der Waals surface area contributed by atoms with Crippen molar-refractivity contribution >= 4 is 37.5 Å². The van der Waals surface area contributed by atoms with E-state index in [1.807, 2.05) is 6.07 Å². The minimum Gasteiger partial charge on any atom is -0.495 e. The first-order valence-corrected chi connectivity index (χ1v) is 7.30. The van der Waals surface area contributed by atoms with Crippen LogP contribution in [0.15, 0.2) is 39.3 Å². The normalized spacial score (nSPS) is 10.4. The predicted molar refractivity (Wildman–Crippen MR) is 82.1 cm³/mol. The van der Waals surface area contributed by atoms with Gasteiger partial charge in [0.15, 0.2) is 0 Å². The second-order valence-electron chi connectivity index (χ2n) is 4.10. The van der Waals surface area contributed by atoms with Gasteiger partial charge in [0.25, 0.3) is 0 Å². The molecule has 0 saturated heterocycles. The van der Waals surface area contributed by atoms with Crippen molar-refractivity contribution in [2.45, 2.75) is 6.54 Å². The van der Waals surface area contributed by atoms with Gasteiger partial charge in [0.1, 0.15) is 17.4 Å². The van der Waals surface area contributed by atoms with Crippen LogP contribution in [0.5, 0.6) is 5.75 Å². The second kappa shape index (κ2) is 6.54. The molecule has 0 atom stereocenters. The van der Waals surface area contributed by atoms with Gasteiger partial charge < -0.3 is 10.1 Å². The third kappa shape index (κ3) is 3.70. The van der Waals surface area contributed by atoms with E-state index in [9.17, 15) is 8.78 Å². The maximum Gasteiger partial charge on any atom is 0.135 e. The summed E-state index contributed by atoms with van der Waals surface area (Å²) in [6.45, 7) is 0.304. The molecule has 0 aliphatic rings. The van der Waals surface area contributed by atoms with E-state index in [0.717, 1.165) is 20.7 Å². The average Bonchev–Trinajstić information content (AvgIpc) is 2.36. The molecule has 2 nitrogen and oxygen atoms in total. The van der Waals surface area contributed by atoms with Crippen LogP contribution in [0.1, 0.15) is 5.56 Å². The molecular weight excluding hydrogens is 396 g/mol. The maximum atomic E-state index is 13.1. The van der Waals surface area contributed by atoms with Gasteiger partial charge in [-0.1, -0.05) is 0 Å². The monoisotopic (exact) mass is 405 g/mol. The van der Waals surface area contributed by atoms with Gasteiger partial charge in [-0.25, -0.2) is 8.78 Å². The first-order valence-electron chi connectivity index (χ1n) is 5.71. The number of methoxy groups -OCH3 is 1. The number of anilines is 1. The van der Waals surface area contributed by atoms with Crippen molar-refractivity contribution in [2.24, 2.45) is 0 Å². The Morgan fingerprint density at radius 3 is 2.25 bits per heavy atom. The minimum absolute atomic E-state index is 0.304. The fourth-order valence-electron chi connectivity index (χ4n) is 1.73. The van der Waals surface area contributed by atoms with Crippen LogP contribution >= 0.6 is 31.9 Å². The number of halogens is 4. The maximum absolute atomic E-state index is 13.1. The summed E-state index contributed by atoms with van der Waals surface area (Å²) in [4.78, 5) is 0. The fourth-order valence-corrected chi connectivity index (χ4v) is 3.03. The zero-order chi connectivity index (χ0) is 14.7. The van der Waals surface area contributed by atoms with Gasteiger partial charge in [0, 0.05) is 23.2 Å². The van der Waals surface area contributed by atoms with Crippen molar-refractivity contribution in [1.29, 1.82) is 0 Å². The number of rotatable bonds is 4. The molecule has 0 aliphatic heterocycles. The van der Waals surface area contributed by atoms with Crippen LogP contribution in [0.3, 0.4) is 0 Å². The summed E-state index contributed by atoms with van der Waals surface area (Å²) in [6.07, 6.45) is 0. The van der Waals surface area contributed by atoms with Crippen LogP contribution in [0.25, 0.3) is 0 Å². The van der Waals surface area contributed by atoms with E-state index >= 15 is 0 Å². The summed E-state index contributed by atoms with van der Waals surface area (Å²) in [5.74, 6) is -0.510. The third-order valence-electron chi connectivity index (χ3n) is 2.65. The van der Waals surface area contributed by atoms with Crippen molar-refractivity contribution in [3.05, 3.63) is 56.5 Å². The van der Waals surface area contributed by atoms with Crippen LogP contribution in [0.2, 0.25) is 0 Å². The van der Waals surface area contributed by atoms with E-state index in [-0.39, 0.29) is 0 Å². The van der Waals surface area contributed by atoms with Crippen LogP contribution < -0.4 is 10.1 Å². The van der Waals surface area contributed by atoms with Crippen LogP contribution in [0.4, 0.5) is 14.5 Å². The number of hydrogen-bond acceptors (Lipinski definition) is 2. The molecule has 0 aromatic heterocycles. The van der Waals surface area contributed by atoms with Gasteiger partial charge >= 0.3 is 0 Å². The molecule has 20 heavy (non-hydrogen) atoms. The van der Waals surface area contributed by atoms with E-state index in [1.165, 1.54) is 12.1 Å². The lowest BCUT2D eigenvalue weighted by Crippen LogP contribution is -2.02. The minimum atomic E-state index is -0.589. The van der Waals surface area contributed by atoms with E-state index in [4.69, 9.17) is 4.74 Å². The summed E-state index contributed by atoms with van der Waals surface area (Å²) >= 11 is 6.79. The summed E-state index contributed by atoms with van der Waals surface area (Å²) in [6, 6.07) is 7.07. The SMILES string of the molecule is COc1cc(NCc2cc(F)cc(F)c2)c(Br)cc1Br. The molecule has 1 N–H and O–H groups in total. The van der Waals surface area contributed by atoms with Crippen LogP contribution in [-0.4, -0.2) is 7.11 Å². The topological polar surface area (TPSA) is 21.3 Å². The van der Waals surface area contributed by atoms with Gasteiger partial charge in [-0.3, -0.25) is 0 Å². The summed E-state index contributed by atoms with van der Waals surface area (Å²) in [5, 5.41) is 3.10. The van der Waals surface area contributed by atoms with Crippen molar-refractivity contribution in [3.63, 3.8) is 0 Å². The largest absolute Gasteiger partial charge is 0.495 e. The van der Waals surface area contributed by atoms with Gasteiger partial charge in [-0.05, 0) is 55.6 Å². The highest BCUT2D eigenvalue weighted by Crippen LogP contribution is 2.34. The van der Waals surface area contributed by atoms with E-state index in [0.29, 0.717) is 17.9 Å². The van der Waals surface area contributed by atoms with E-state index in [2.05, 4.69) is 37.2 Å². The Morgan fingerprint density at radius 1 is 1.00 bits per heavy atom. The standard InChI is InChI=1S/C14H11Br2F2NO/c1-20-14-6-13(11(15)5-12(14)16)19-7-8-2-9(17)4-10(18)3-8/h2-6,19H,7H2,1H3. The molecule has 0 aliphatic carbocycles. The second-order valence-corrected chi connectivity index (χ2v) is 5.81. The highest BCUT2D eigenvalue weighted by Gasteiger charge is 2.07. The first-order chi connectivity index (χ1) is 9.49. The molecule has 0 radical (unpaired) electrons. The first kappa shape index (κ1) is 15.3. The molecule has 2 aromatic carbocycles. The van der Waals surface area contributed by atoms with Crippen molar-refractivity contribution in [1.82, 2.24) is 0 Å². The lowest BCUT2D eigenvalue weighted by Gasteiger charge is -2.12.